The molecule has 3 heterocycles. The van der Waals surface area contributed by atoms with Crippen LogP contribution in [0.2, 0.25) is 0 Å². The van der Waals surface area contributed by atoms with Crippen LogP contribution in [0.5, 0.6) is 0 Å². The summed E-state index contributed by atoms with van der Waals surface area (Å²) in [5.74, 6) is -0.304. The van der Waals surface area contributed by atoms with E-state index in [1.54, 1.807) is 36.9 Å². The third-order valence-electron chi connectivity index (χ3n) is 5.16. The molecule has 0 unspecified atom stereocenters. The van der Waals surface area contributed by atoms with Gasteiger partial charge < -0.3 is 10.4 Å². The number of anilines is 2. The zero-order valence-corrected chi connectivity index (χ0v) is 17.6. The number of carbonyl (C=O) groups is 1. The number of aromatic carboxylic acids is 1. The molecule has 0 radical (unpaired) electrons. The maximum Gasteiger partial charge on any atom is 0.337 e. The highest BCUT2D eigenvalue weighted by Gasteiger charge is 2.22. The number of aromatic nitrogens is 4. The Hall–Kier alpha value is -4.00. The van der Waals surface area contributed by atoms with Crippen LogP contribution in [0.4, 0.5) is 11.5 Å². The second-order valence-electron chi connectivity index (χ2n) is 7.31. The zero-order valence-electron chi connectivity index (χ0n) is 17.6. The van der Waals surface area contributed by atoms with Gasteiger partial charge in [-0.1, -0.05) is 18.6 Å². The minimum atomic E-state index is -0.990. The lowest BCUT2D eigenvalue weighted by atomic mass is 10.0. The van der Waals surface area contributed by atoms with Gasteiger partial charge in [-0.05, 0) is 61.7 Å². The number of hydrogen-bond acceptors (Lipinski definition) is 5. The summed E-state index contributed by atoms with van der Waals surface area (Å²) < 4.78 is 1.81. The topological polar surface area (TPSA) is 92.9 Å². The molecule has 0 saturated carbocycles. The summed E-state index contributed by atoms with van der Waals surface area (Å²) in [6.45, 7) is 5.91. The van der Waals surface area contributed by atoms with Crippen molar-refractivity contribution in [3.63, 3.8) is 0 Å². The first-order valence-corrected chi connectivity index (χ1v) is 10.0. The second kappa shape index (κ2) is 8.39. The predicted molar refractivity (Wildman–Crippen MR) is 120 cm³/mol. The van der Waals surface area contributed by atoms with Gasteiger partial charge in [0, 0.05) is 24.2 Å². The molecule has 0 bridgehead atoms. The van der Waals surface area contributed by atoms with Crippen molar-refractivity contribution in [2.45, 2.75) is 27.2 Å². The van der Waals surface area contributed by atoms with Gasteiger partial charge in [0.15, 0.2) is 0 Å². The lowest BCUT2D eigenvalue weighted by Gasteiger charge is -2.15. The quantitative estimate of drug-likeness (QED) is 0.465. The van der Waals surface area contributed by atoms with Crippen LogP contribution in [-0.2, 0) is 6.42 Å². The lowest BCUT2D eigenvalue weighted by molar-refractivity contribution is 0.0698. The van der Waals surface area contributed by atoms with Crippen molar-refractivity contribution in [1.82, 2.24) is 19.7 Å². The largest absolute Gasteiger partial charge is 0.478 e. The fraction of sp³-hybridized carbons (Fsp3) is 0.167. The summed E-state index contributed by atoms with van der Waals surface area (Å²) >= 11 is 0. The summed E-state index contributed by atoms with van der Waals surface area (Å²) in [6.07, 6.45) is 7.68. The minimum Gasteiger partial charge on any atom is -0.478 e. The number of nitrogens with zero attached hydrogens (tertiary/aromatic N) is 4. The molecule has 0 amide bonds. The Morgan fingerprint density at radius 3 is 2.48 bits per heavy atom. The van der Waals surface area contributed by atoms with E-state index in [0.717, 1.165) is 33.6 Å². The number of carboxylic acids is 1. The third-order valence-corrected chi connectivity index (χ3v) is 5.16. The average molecular weight is 413 g/mol. The van der Waals surface area contributed by atoms with Crippen molar-refractivity contribution in [2.24, 2.45) is 0 Å². The number of nitrogens with one attached hydrogen (secondary N) is 1. The number of rotatable bonds is 6. The van der Waals surface area contributed by atoms with E-state index in [2.05, 4.69) is 15.3 Å². The van der Waals surface area contributed by atoms with Crippen molar-refractivity contribution in [3.05, 3.63) is 83.6 Å². The molecule has 0 aliphatic carbocycles. The molecular weight excluding hydrogens is 390 g/mol. The van der Waals surface area contributed by atoms with Gasteiger partial charge in [-0.2, -0.15) is 5.10 Å². The summed E-state index contributed by atoms with van der Waals surface area (Å²) in [5, 5.41) is 18.0. The van der Waals surface area contributed by atoms with Gasteiger partial charge in [0.1, 0.15) is 5.82 Å². The molecule has 156 valence electrons. The molecule has 31 heavy (non-hydrogen) atoms. The molecule has 7 heteroatoms. The Morgan fingerprint density at radius 2 is 1.81 bits per heavy atom. The fourth-order valence-electron chi connectivity index (χ4n) is 3.57. The lowest BCUT2D eigenvalue weighted by Crippen LogP contribution is -2.08. The molecule has 0 atom stereocenters. The zero-order chi connectivity index (χ0) is 22.0. The molecule has 4 rings (SSSR count). The van der Waals surface area contributed by atoms with E-state index in [0.29, 0.717) is 17.9 Å². The Morgan fingerprint density at radius 1 is 1.06 bits per heavy atom. The van der Waals surface area contributed by atoms with E-state index in [1.165, 1.54) is 0 Å². The summed E-state index contributed by atoms with van der Waals surface area (Å²) in [6, 6.07) is 11.1. The van der Waals surface area contributed by atoms with Gasteiger partial charge in [-0.3, -0.25) is 9.97 Å². The Labute approximate surface area is 180 Å². The van der Waals surface area contributed by atoms with Crippen molar-refractivity contribution in [2.75, 3.05) is 5.32 Å². The summed E-state index contributed by atoms with van der Waals surface area (Å²) in [7, 11) is 0. The van der Waals surface area contributed by atoms with Crippen LogP contribution in [-0.4, -0.2) is 30.8 Å². The molecule has 0 fully saturated rings. The highest BCUT2D eigenvalue weighted by molar-refractivity contribution is 5.96. The van der Waals surface area contributed by atoms with Crippen LogP contribution in [0, 0.1) is 13.8 Å². The fourth-order valence-corrected chi connectivity index (χ4v) is 3.57. The molecule has 0 saturated heterocycles. The van der Waals surface area contributed by atoms with E-state index < -0.39 is 5.97 Å². The summed E-state index contributed by atoms with van der Waals surface area (Å²) in [4.78, 5) is 20.3. The van der Waals surface area contributed by atoms with Crippen LogP contribution >= 0.6 is 0 Å². The molecule has 0 aliphatic rings. The molecule has 0 aliphatic heterocycles. The maximum absolute atomic E-state index is 11.9. The van der Waals surface area contributed by atoms with Gasteiger partial charge in [0.25, 0.3) is 0 Å². The second-order valence-corrected chi connectivity index (χ2v) is 7.31. The number of carboxylic acid groups (broad SMARTS) is 1. The van der Waals surface area contributed by atoms with Gasteiger partial charge >= 0.3 is 5.97 Å². The number of aryl methyl sites for hydroxylation is 3. The van der Waals surface area contributed by atoms with Gasteiger partial charge in [-0.25, -0.2) is 9.48 Å². The molecule has 0 spiro atoms. The molecular formula is C24H23N5O2. The Bertz CT molecular complexity index is 1250. The van der Waals surface area contributed by atoms with Gasteiger partial charge in [-0.15, -0.1) is 0 Å². The Balaban J connectivity index is 1.99. The number of pyridine rings is 2. The predicted octanol–water partition coefficient (Wildman–Crippen LogP) is 4.95. The first-order valence-electron chi connectivity index (χ1n) is 10.0. The first-order chi connectivity index (χ1) is 15.0. The van der Waals surface area contributed by atoms with Gasteiger partial charge in [0.05, 0.1) is 28.8 Å². The monoisotopic (exact) mass is 413 g/mol. The van der Waals surface area contributed by atoms with Crippen molar-refractivity contribution in [3.8, 4) is 16.8 Å². The van der Waals surface area contributed by atoms with Crippen molar-refractivity contribution < 1.29 is 9.90 Å². The van der Waals surface area contributed by atoms with Crippen LogP contribution < -0.4 is 5.32 Å². The number of benzene rings is 1. The van der Waals surface area contributed by atoms with Crippen molar-refractivity contribution in [1.29, 1.82) is 0 Å². The standard InChI is InChI=1S/C24H23N5O2/c1-4-19-22(17-8-11-25-12-9-17)23(29(28-19)21-14-26-10-7-16(21)3)27-20-6-5-15(2)13-18(20)24(30)31/h5-14,27H,4H2,1-3H3,(H,30,31). The van der Waals surface area contributed by atoms with E-state index in [4.69, 9.17) is 5.10 Å². The van der Waals surface area contributed by atoms with Crippen LogP contribution in [0.15, 0.2) is 61.2 Å². The smallest absolute Gasteiger partial charge is 0.337 e. The van der Waals surface area contributed by atoms with E-state index in [-0.39, 0.29) is 5.56 Å². The van der Waals surface area contributed by atoms with Crippen molar-refractivity contribution >= 4 is 17.5 Å². The molecule has 1 aromatic carbocycles. The average Bonchev–Trinajstić information content (AvgIpc) is 3.13. The highest BCUT2D eigenvalue weighted by atomic mass is 16.4. The van der Waals surface area contributed by atoms with E-state index in [9.17, 15) is 9.90 Å². The minimum absolute atomic E-state index is 0.203. The third kappa shape index (κ3) is 3.90. The molecule has 7 nitrogen and oxygen atoms in total. The van der Waals surface area contributed by atoms with E-state index >= 15 is 0 Å². The normalized spacial score (nSPS) is 10.8. The molecule has 2 N–H and O–H groups in total. The first kappa shape index (κ1) is 20.3. The SMILES string of the molecule is CCc1nn(-c2cnccc2C)c(Nc2ccc(C)cc2C(=O)O)c1-c1ccncc1. The Kier molecular flexibility index (Phi) is 5.49. The highest BCUT2D eigenvalue weighted by Crippen LogP contribution is 2.37. The van der Waals surface area contributed by atoms with Crippen LogP contribution in [0.25, 0.3) is 16.8 Å². The van der Waals surface area contributed by atoms with Gasteiger partial charge in [0.2, 0.25) is 0 Å². The number of hydrogen-bond donors (Lipinski definition) is 2. The van der Waals surface area contributed by atoms with Crippen LogP contribution in [0.3, 0.4) is 0 Å². The van der Waals surface area contributed by atoms with Crippen LogP contribution in [0.1, 0.15) is 34.1 Å². The maximum atomic E-state index is 11.9. The molecule has 4 aromatic rings. The van der Waals surface area contributed by atoms with E-state index in [1.807, 2.05) is 49.7 Å². The summed E-state index contributed by atoms with van der Waals surface area (Å²) in [5.41, 5.74) is 6.16. The molecule has 3 aromatic heterocycles.